The normalized spacial score (nSPS) is 11.0. The zero-order chi connectivity index (χ0) is 10.5. The van der Waals surface area contributed by atoms with Crippen molar-refractivity contribution < 1.29 is 13.2 Å². The topological polar surface area (TPSA) is 66.5 Å². The number of nitrogens with zero attached hydrogens (tertiary/aromatic N) is 1. The van der Waals surface area contributed by atoms with Gasteiger partial charge < -0.3 is 10.2 Å². The van der Waals surface area contributed by atoms with Gasteiger partial charge in [0.15, 0.2) is 0 Å². The van der Waals surface area contributed by atoms with Crippen molar-refractivity contribution in [3.8, 4) is 0 Å². The molecule has 0 unspecified atom stereocenters. The van der Waals surface area contributed by atoms with E-state index in [1.54, 1.807) is 7.05 Å². The molecule has 1 N–H and O–H groups in total. The molecule has 13 heavy (non-hydrogen) atoms. The van der Waals surface area contributed by atoms with E-state index in [9.17, 15) is 13.2 Å². The third-order valence-electron chi connectivity index (χ3n) is 1.57. The van der Waals surface area contributed by atoms with Crippen molar-refractivity contribution >= 4 is 15.9 Å². The maximum absolute atomic E-state index is 11.1. The molecule has 0 spiro atoms. The molecular formula is C7H16N2O3S. The minimum atomic E-state index is -2.99. The van der Waals surface area contributed by atoms with Gasteiger partial charge in [-0.05, 0) is 6.92 Å². The lowest BCUT2D eigenvalue weighted by atomic mass is 10.6. The molecule has 2 amide bonds. The van der Waals surface area contributed by atoms with E-state index in [4.69, 9.17) is 0 Å². The van der Waals surface area contributed by atoms with Crippen molar-refractivity contribution in [2.24, 2.45) is 0 Å². The van der Waals surface area contributed by atoms with Crippen LogP contribution < -0.4 is 5.32 Å². The van der Waals surface area contributed by atoms with E-state index in [2.05, 4.69) is 5.32 Å². The smallest absolute Gasteiger partial charge is 0.317 e. The Bertz CT molecular complexity index is 261. The molecule has 0 bridgehead atoms. The second-order valence-electron chi connectivity index (χ2n) is 2.88. The zero-order valence-corrected chi connectivity index (χ0v) is 9.02. The lowest BCUT2D eigenvalue weighted by molar-refractivity contribution is 0.212. The van der Waals surface area contributed by atoms with Crippen molar-refractivity contribution in [2.45, 2.75) is 6.92 Å². The first kappa shape index (κ1) is 12.2. The largest absolute Gasteiger partial charge is 0.337 e. The molecule has 0 atom stereocenters. The Kier molecular flexibility index (Phi) is 4.76. The van der Waals surface area contributed by atoms with E-state index in [0.717, 1.165) is 6.26 Å². The van der Waals surface area contributed by atoms with Gasteiger partial charge in [-0.2, -0.15) is 0 Å². The monoisotopic (exact) mass is 208 g/mol. The fourth-order valence-electron chi connectivity index (χ4n) is 0.622. The highest BCUT2D eigenvalue weighted by Crippen LogP contribution is 1.84. The number of urea groups is 1. The molecule has 0 saturated heterocycles. The van der Waals surface area contributed by atoms with E-state index >= 15 is 0 Å². The molecule has 0 fully saturated rings. The lowest BCUT2D eigenvalue weighted by Gasteiger charge is -2.14. The number of hydrogen-bond donors (Lipinski definition) is 1. The third-order valence-corrected chi connectivity index (χ3v) is 2.52. The Hall–Kier alpha value is -0.780. The van der Waals surface area contributed by atoms with Gasteiger partial charge in [0.25, 0.3) is 0 Å². The van der Waals surface area contributed by atoms with Crippen LogP contribution in [0.25, 0.3) is 0 Å². The van der Waals surface area contributed by atoms with E-state index in [-0.39, 0.29) is 18.3 Å². The van der Waals surface area contributed by atoms with Gasteiger partial charge in [-0.15, -0.1) is 0 Å². The van der Waals surface area contributed by atoms with Gasteiger partial charge in [0, 0.05) is 26.4 Å². The second kappa shape index (κ2) is 5.06. The highest BCUT2D eigenvalue weighted by molar-refractivity contribution is 7.90. The average Bonchev–Trinajstić information content (AvgIpc) is 2.00. The van der Waals surface area contributed by atoms with Gasteiger partial charge in [0.1, 0.15) is 9.84 Å². The first-order valence-electron chi connectivity index (χ1n) is 4.03. The predicted molar refractivity (Wildman–Crippen MR) is 51.4 cm³/mol. The van der Waals surface area contributed by atoms with Crippen molar-refractivity contribution in [2.75, 3.05) is 32.1 Å². The second-order valence-corrected chi connectivity index (χ2v) is 5.14. The molecule has 6 heteroatoms. The summed E-state index contributed by atoms with van der Waals surface area (Å²) in [6, 6.07) is -0.244. The van der Waals surface area contributed by atoms with Gasteiger partial charge in [0.2, 0.25) is 0 Å². The minimum Gasteiger partial charge on any atom is -0.337 e. The van der Waals surface area contributed by atoms with Crippen LogP contribution in [0.5, 0.6) is 0 Å². The Morgan fingerprint density at radius 3 is 2.38 bits per heavy atom. The molecule has 5 nitrogen and oxygen atoms in total. The fraction of sp³-hybridized carbons (Fsp3) is 0.857. The molecule has 0 aliphatic heterocycles. The van der Waals surface area contributed by atoms with Crippen molar-refractivity contribution in [3.05, 3.63) is 0 Å². The maximum Gasteiger partial charge on any atom is 0.317 e. The predicted octanol–water partition coefficient (Wildman–Crippen LogP) is -0.308. The number of hydrogen-bond acceptors (Lipinski definition) is 3. The van der Waals surface area contributed by atoms with Gasteiger partial charge in [-0.3, -0.25) is 0 Å². The summed E-state index contributed by atoms with van der Waals surface area (Å²) in [5, 5.41) is 2.50. The van der Waals surface area contributed by atoms with E-state index < -0.39 is 9.84 Å². The van der Waals surface area contributed by atoms with Crippen LogP contribution in [0, 0.1) is 0 Å². The highest BCUT2D eigenvalue weighted by Gasteiger charge is 2.06. The van der Waals surface area contributed by atoms with E-state index in [1.165, 1.54) is 4.90 Å². The van der Waals surface area contributed by atoms with Crippen molar-refractivity contribution in [3.63, 3.8) is 0 Å². The molecule has 0 aromatic carbocycles. The summed E-state index contributed by atoms with van der Waals surface area (Å²) in [5.74, 6) is -0.0176. The summed E-state index contributed by atoms with van der Waals surface area (Å²) in [4.78, 5) is 12.6. The first-order valence-corrected chi connectivity index (χ1v) is 6.09. The van der Waals surface area contributed by atoms with E-state index in [0.29, 0.717) is 6.54 Å². The number of nitrogens with one attached hydrogen (secondary N) is 1. The van der Waals surface area contributed by atoms with Crippen LogP contribution in [0.1, 0.15) is 6.92 Å². The minimum absolute atomic E-state index is 0.0176. The highest BCUT2D eigenvalue weighted by atomic mass is 32.2. The SMILES string of the molecule is CCN(C)C(=O)NCCS(C)(=O)=O. The van der Waals surface area contributed by atoms with Crippen LogP contribution in [0.4, 0.5) is 4.79 Å². The third kappa shape index (κ3) is 6.39. The summed E-state index contributed by atoms with van der Waals surface area (Å²) in [7, 11) is -1.34. The molecular weight excluding hydrogens is 192 g/mol. The van der Waals surface area contributed by atoms with Crippen LogP contribution >= 0.6 is 0 Å². The molecule has 0 aromatic heterocycles. The number of rotatable bonds is 4. The van der Waals surface area contributed by atoms with Crippen LogP contribution in [0.2, 0.25) is 0 Å². The lowest BCUT2D eigenvalue weighted by Crippen LogP contribution is -2.39. The van der Waals surface area contributed by atoms with Gasteiger partial charge >= 0.3 is 6.03 Å². The Morgan fingerprint density at radius 1 is 1.46 bits per heavy atom. The summed E-state index contributed by atoms with van der Waals surface area (Å²) in [6.07, 6.45) is 1.14. The molecule has 0 aromatic rings. The Balaban J connectivity index is 3.72. The standard InChI is InChI=1S/C7H16N2O3S/c1-4-9(2)7(10)8-5-6-13(3,11)12/h4-6H2,1-3H3,(H,8,10). The molecule has 0 rings (SSSR count). The van der Waals surface area contributed by atoms with Crippen LogP contribution in [-0.2, 0) is 9.84 Å². The van der Waals surface area contributed by atoms with E-state index in [1.807, 2.05) is 6.92 Å². The average molecular weight is 208 g/mol. The number of carbonyl (C=O) groups excluding carboxylic acids is 1. The quantitative estimate of drug-likeness (QED) is 0.689. The van der Waals surface area contributed by atoms with Crippen LogP contribution in [0.15, 0.2) is 0 Å². The van der Waals surface area contributed by atoms with Crippen molar-refractivity contribution in [1.82, 2.24) is 10.2 Å². The number of amides is 2. The van der Waals surface area contributed by atoms with Gasteiger partial charge in [0.05, 0.1) is 5.75 Å². The maximum atomic E-state index is 11.1. The first-order chi connectivity index (χ1) is 5.87. The van der Waals surface area contributed by atoms with Crippen LogP contribution in [-0.4, -0.2) is 51.5 Å². The molecule has 0 aliphatic carbocycles. The van der Waals surface area contributed by atoms with Gasteiger partial charge in [-0.1, -0.05) is 0 Å². The summed E-state index contributed by atoms with van der Waals surface area (Å²) in [6.45, 7) is 2.61. The summed E-state index contributed by atoms with van der Waals surface area (Å²) < 4.78 is 21.4. The zero-order valence-electron chi connectivity index (χ0n) is 8.20. The van der Waals surface area contributed by atoms with Gasteiger partial charge in [-0.25, -0.2) is 13.2 Å². The Labute approximate surface area is 79.0 Å². The fourth-order valence-corrected chi connectivity index (χ4v) is 1.09. The summed E-state index contributed by atoms with van der Waals surface area (Å²) >= 11 is 0. The Morgan fingerprint density at radius 2 is 2.00 bits per heavy atom. The van der Waals surface area contributed by atoms with Crippen LogP contribution in [0.3, 0.4) is 0 Å². The number of sulfone groups is 1. The molecule has 0 saturated carbocycles. The molecule has 78 valence electrons. The summed E-state index contributed by atoms with van der Waals surface area (Å²) in [5.41, 5.74) is 0. The molecule has 0 heterocycles. The molecule has 0 radical (unpaired) electrons. The number of carbonyl (C=O) groups is 1. The van der Waals surface area contributed by atoms with Crippen molar-refractivity contribution in [1.29, 1.82) is 0 Å². The molecule has 0 aliphatic rings.